The van der Waals surface area contributed by atoms with E-state index in [1.807, 2.05) is 0 Å². The second-order valence-electron chi connectivity index (χ2n) is 6.97. The van der Waals surface area contributed by atoms with Gasteiger partial charge in [0.25, 0.3) is 10.0 Å². The zero-order chi connectivity index (χ0) is 22.1. The molecule has 1 aliphatic heterocycles. The van der Waals surface area contributed by atoms with Crippen molar-refractivity contribution in [2.75, 3.05) is 22.8 Å². The number of benzene rings is 2. The quantitative estimate of drug-likeness (QED) is 0.621. The summed E-state index contributed by atoms with van der Waals surface area (Å²) < 4.78 is 28.4. The number of aliphatic hydroxyl groups is 1. The van der Waals surface area contributed by atoms with Crippen LogP contribution in [0.3, 0.4) is 0 Å². The molecular weight excluding hydrogens is 430 g/mol. The molecular formula is C20H22ClN3O5S. The first-order valence-corrected chi connectivity index (χ1v) is 11.1. The van der Waals surface area contributed by atoms with Crippen molar-refractivity contribution in [2.24, 2.45) is 0 Å². The summed E-state index contributed by atoms with van der Waals surface area (Å²) in [6.45, 7) is 3.05. The van der Waals surface area contributed by atoms with Crippen LogP contribution in [0.4, 0.5) is 11.4 Å². The third kappa shape index (κ3) is 4.14. The Hall–Kier alpha value is -2.62. The molecule has 30 heavy (non-hydrogen) atoms. The largest absolute Gasteiger partial charge is 0.395 e. The maximum Gasteiger partial charge on any atom is 0.265 e. The van der Waals surface area contributed by atoms with Gasteiger partial charge in [-0.2, -0.15) is 0 Å². The van der Waals surface area contributed by atoms with E-state index in [2.05, 4.69) is 10.6 Å². The summed E-state index contributed by atoms with van der Waals surface area (Å²) >= 11 is 6.13. The first kappa shape index (κ1) is 22.1. The molecule has 0 saturated carbocycles. The number of sulfonamides is 1. The third-order valence-electron chi connectivity index (χ3n) is 4.79. The number of aryl methyl sites for hydroxylation is 2. The summed E-state index contributed by atoms with van der Waals surface area (Å²) in [6, 6.07) is 8.23. The van der Waals surface area contributed by atoms with E-state index in [1.54, 1.807) is 44.2 Å². The molecule has 0 bridgehead atoms. The topological polar surface area (TPSA) is 116 Å². The van der Waals surface area contributed by atoms with Crippen LogP contribution in [-0.4, -0.2) is 44.5 Å². The van der Waals surface area contributed by atoms with Crippen molar-refractivity contribution in [2.45, 2.75) is 31.2 Å². The van der Waals surface area contributed by atoms with Gasteiger partial charge >= 0.3 is 0 Å². The minimum absolute atomic E-state index is 0.00595. The van der Waals surface area contributed by atoms with Gasteiger partial charge in [-0.25, -0.2) is 8.42 Å². The van der Waals surface area contributed by atoms with Crippen molar-refractivity contribution in [3.8, 4) is 0 Å². The van der Waals surface area contributed by atoms with Gasteiger partial charge in [-0.15, -0.1) is 0 Å². The normalized spacial score (nSPS) is 16.1. The van der Waals surface area contributed by atoms with Gasteiger partial charge in [-0.3, -0.25) is 13.9 Å². The van der Waals surface area contributed by atoms with Gasteiger partial charge in [0.1, 0.15) is 6.04 Å². The molecule has 0 saturated heterocycles. The number of carbonyl (C=O) groups excluding carboxylic acids is 2. The number of nitrogens with zero attached hydrogens (tertiary/aromatic N) is 1. The number of fused-ring (bicyclic) bond motifs is 1. The van der Waals surface area contributed by atoms with Crippen LogP contribution in [-0.2, 0) is 19.6 Å². The summed E-state index contributed by atoms with van der Waals surface area (Å²) in [6.07, 6.45) is -0.398. The number of rotatable bonds is 6. The zero-order valence-electron chi connectivity index (χ0n) is 16.5. The van der Waals surface area contributed by atoms with Gasteiger partial charge in [0.15, 0.2) is 0 Å². The van der Waals surface area contributed by atoms with Crippen molar-refractivity contribution in [1.29, 1.82) is 0 Å². The van der Waals surface area contributed by atoms with E-state index in [-0.39, 0.29) is 23.7 Å². The fourth-order valence-electron chi connectivity index (χ4n) is 3.32. The lowest BCUT2D eigenvalue weighted by Crippen LogP contribution is -2.53. The van der Waals surface area contributed by atoms with E-state index in [4.69, 9.17) is 16.7 Å². The molecule has 2 amide bonds. The number of para-hydroxylation sites is 2. The van der Waals surface area contributed by atoms with Crippen LogP contribution < -0.4 is 14.9 Å². The standard InChI is InChI=1S/C20H22ClN3O5S/c1-12-10-18(13(2)9-14(12)21)30(28,29)24-16-6-4-3-5-15(16)23-20(27)17(24)11-19(26)22-7-8-25/h3-6,9-10,17,25H,7-8,11H2,1-2H3,(H,22,26)(H,23,27). The highest BCUT2D eigenvalue weighted by molar-refractivity contribution is 7.93. The van der Waals surface area contributed by atoms with Crippen LogP contribution in [0, 0.1) is 13.8 Å². The van der Waals surface area contributed by atoms with E-state index in [0.29, 0.717) is 21.8 Å². The molecule has 2 aromatic rings. The Morgan fingerprint density at radius 1 is 1.23 bits per heavy atom. The summed E-state index contributed by atoms with van der Waals surface area (Å²) in [5.74, 6) is -1.16. The molecule has 1 aliphatic rings. The molecule has 8 nitrogen and oxygen atoms in total. The average Bonchev–Trinajstić information content (AvgIpc) is 2.69. The lowest BCUT2D eigenvalue weighted by Gasteiger charge is -2.37. The smallest absolute Gasteiger partial charge is 0.265 e. The molecule has 3 N–H and O–H groups in total. The molecule has 3 rings (SSSR count). The number of nitrogens with one attached hydrogen (secondary N) is 2. The average molecular weight is 452 g/mol. The first-order chi connectivity index (χ1) is 14.2. The number of hydrogen-bond donors (Lipinski definition) is 3. The van der Waals surface area contributed by atoms with E-state index in [1.165, 1.54) is 6.07 Å². The van der Waals surface area contributed by atoms with Crippen molar-refractivity contribution in [1.82, 2.24) is 5.32 Å². The number of hydrogen-bond acceptors (Lipinski definition) is 5. The highest BCUT2D eigenvalue weighted by Crippen LogP contribution is 2.38. The predicted octanol–water partition coefficient (Wildman–Crippen LogP) is 1.97. The van der Waals surface area contributed by atoms with E-state index >= 15 is 0 Å². The van der Waals surface area contributed by atoms with Gasteiger partial charge in [0.2, 0.25) is 11.8 Å². The van der Waals surface area contributed by atoms with Gasteiger partial charge in [0, 0.05) is 11.6 Å². The van der Waals surface area contributed by atoms with Crippen molar-refractivity contribution in [3.05, 3.63) is 52.5 Å². The SMILES string of the molecule is Cc1cc(S(=O)(=O)N2c3ccccc3NC(=O)C2CC(=O)NCCO)c(C)cc1Cl. The lowest BCUT2D eigenvalue weighted by molar-refractivity contribution is -0.125. The molecule has 1 unspecified atom stereocenters. The van der Waals surface area contributed by atoms with E-state index in [0.717, 1.165) is 4.31 Å². The Morgan fingerprint density at radius 3 is 2.63 bits per heavy atom. The maximum absolute atomic E-state index is 13.7. The third-order valence-corrected chi connectivity index (χ3v) is 7.16. The van der Waals surface area contributed by atoms with Gasteiger partial charge < -0.3 is 15.7 Å². The molecule has 0 radical (unpaired) electrons. The Kier molecular flexibility index (Phi) is 6.35. The second kappa shape index (κ2) is 8.63. The van der Waals surface area contributed by atoms with Crippen molar-refractivity contribution < 1.29 is 23.1 Å². The molecule has 0 aromatic heterocycles. The maximum atomic E-state index is 13.7. The Bertz CT molecular complexity index is 1100. The summed E-state index contributed by atoms with van der Waals surface area (Å²) in [7, 11) is -4.21. The number of halogens is 1. The highest BCUT2D eigenvalue weighted by atomic mass is 35.5. The summed E-state index contributed by atoms with van der Waals surface area (Å²) in [5.41, 5.74) is 1.61. The number of anilines is 2. The lowest BCUT2D eigenvalue weighted by atomic mass is 10.1. The molecule has 160 valence electrons. The van der Waals surface area contributed by atoms with Crippen LogP contribution in [0.2, 0.25) is 5.02 Å². The molecule has 1 heterocycles. The van der Waals surface area contributed by atoms with Gasteiger partial charge in [-0.05, 0) is 49.2 Å². The fraction of sp³-hybridized carbons (Fsp3) is 0.300. The summed E-state index contributed by atoms with van der Waals surface area (Å²) in [5, 5.41) is 14.5. The van der Waals surface area contributed by atoms with Crippen LogP contribution >= 0.6 is 11.6 Å². The van der Waals surface area contributed by atoms with Crippen molar-refractivity contribution in [3.63, 3.8) is 0 Å². The van der Waals surface area contributed by atoms with Crippen LogP contribution in [0.15, 0.2) is 41.3 Å². The molecule has 2 aromatic carbocycles. The van der Waals surface area contributed by atoms with Gasteiger partial charge in [-0.1, -0.05) is 23.7 Å². The van der Waals surface area contributed by atoms with Crippen LogP contribution in [0.5, 0.6) is 0 Å². The summed E-state index contributed by atoms with van der Waals surface area (Å²) in [4.78, 5) is 25.1. The molecule has 0 spiro atoms. The van der Waals surface area contributed by atoms with Crippen LogP contribution in [0.25, 0.3) is 0 Å². The Balaban J connectivity index is 2.14. The number of aliphatic hydroxyl groups excluding tert-OH is 1. The number of amides is 2. The minimum Gasteiger partial charge on any atom is -0.395 e. The molecule has 0 aliphatic carbocycles. The molecule has 0 fully saturated rings. The monoisotopic (exact) mass is 451 g/mol. The molecule has 1 atom stereocenters. The Morgan fingerprint density at radius 2 is 1.93 bits per heavy atom. The predicted molar refractivity (Wildman–Crippen MR) is 114 cm³/mol. The van der Waals surface area contributed by atoms with Gasteiger partial charge in [0.05, 0.1) is 29.3 Å². The Labute approximate surface area is 179 Å². The number of carbonyl (C=O) groups is 2. The zero-order valence-corrected chi connectivity index (χ0v) is 18.0. The minimum atomic E-state index is -4.21. The second-order valence-corrected chi connectivity index (χ2v) is 9.16. The first-order valence-electron chi connectivity index (χ1n) is 9.25. The van der Waals surface area contributed by atoms with E-state index in [9.17, 15) is 18.0 Å². The molecule has 10 heteroatoms. The highest BCUT2D eigenvalue weighted by Gasteiger charge is 2.42. The van der Waals surface area contributed by atoms with E-state index < -0.39 is 34.3 Å². The van der Waals surface area contributed by atoms with Crippen LogP contribution in [0.1, 0.15) is 17.5 Å². The fourth-order valence-corrected chi connectivity index (χ4v) is 5.46. The van der Waals surface area contributed by atoms with Crippen molar-refractivity contribution >= 4 is 44.8 Å².